The van der Waals surface area contributed by atoms with E-state index in [2.05, 4.69) is 5.32 Å². The molecule has 2 N–H and O–H groups in total. The van der Waals surface area contributed by atoms with Crippen LogP contribution in [0, 0.1) is 24.7 Å². The fourth-order valence-electron chi connectivity index (χ4n) is 5.59. The second kappa shape index (κ2) is 5.24. The van der Waals surface area contributed by atoms with Crippen molar-refractivity contribution >= 4 is 17.0 Å². The quantitative estimate of drug-likeness (QED) is 0.882. The molecular formula is C20H24N2O3. The van der Waals surface area contributed by atoms with E-state index in [0.717, 1.165) is 41.7 Å². The number of aryl methyl sites for hydroxylation is 1. The first kappa shape index (κ1) is 15.3. The molecule has 3 aliphatic rings. The fraction of sp³-hybridized carbons (Fsp3) is 0.550. The summed E-state index contributed by atoms with van der Waals surface area (Å²) in [6.07, 6.45) is 1.81. The minimum absolute atomic E-state index is 0.00715. The molecule has 2 aliphatic carbocycles. The molecule has 5 heteroatoms. The highest BCUT2D eigenvalue weighted by Gasteiger charge is 2.60. The summed E-state index contributed by atoms with van der Waals surface area (Å²) in [5, 5.41) is 14.7. The average molecular weight is 340 g/mol. The number of nitrogens with one attached hydrogen (secondary N) is 1. The molecule has 1 aromatic carbocycles. The molecule has 2 aromatic rings. The lowest BCUT2D eigenvalue weighted by Crippen LogP contribution is -2.48. The van der Waals surface area contributed by atoms with E-state index in [4.69, 9.17) is 4.42 Å². The molecule has 3 fully saturated rings. The number of aliphatic hydroxyl groups is 1. The van der Waals surface area contributed by atoms with Crippen molar-refractivity contribution in [3.05, 3.63) is 35.6 Å². The second-order valence-electron chi connectivity index (χ2n) is 8.05. The molecule has 2 amide bonds. The Morgan fingerprint density at radius 1 is 1.32 bits per heavy atom. The molecule has 5 rings (SSSR count). The normalized spacial score (nSPS) is 34.0. The van der Waals surface area contributed by atoms with Crippen LogP contribution in [-0.2, 0) is 0 Å². The van der Waals surface area contributed by atoms with E-state index >= 15 is 0 Å². The maximum absolute atomic E-state index is 12.9. The summed E-state index contributed by atoms with van der Waals surface area (Å²) >= 11 is 0. The molecule has 5 nitrogen and oxygen atoms in total. The van der Waals surface area contributed by atoms with Gasteiger partial charge in [-0.3, -0.25) is 0 Å². The summed E-state index contributed by atoms with van der Waals surface area (Å²) in [5.41, 5.74) is 1.93. The van der Waals surface area contributed by atoms with Crippen molar-refractivity contribution in [3.63, 3.8) is 0 Å². The number of para-hydroxylation sites is 1. The highest BCUT2D eigenvalue weighted by molar-refractivity contribution is 5.82. The van der Waals surface area contributed by atoms with Gasteiger partial charge in [0.05, 0.1) is 18.2 Å². The van der Waals surface area contributed by atoms with Crippen LogP contribution in [-0.4, -0.2) is 34.7 Å². The average Bonchev–Trinajstić information content (AvgIpc) is 3.29. The van der Waals surface area contributed by atoms with Crippen molar-refractivity contribution < 1.29 is 14.3 Å². The lowest BCUT2D eigenvalue weighted by Gasteiger charge is -2.29. The molecule has 2 bridgehead atoms. The maximum Gasteiger partial charge on any atom is 0.318 e. The van der Waals surface area contributed by atoms with Gasteiger partial charge in [-0.1, -0.05) is 18.2 Å². The highest BCUT2D eigenvalue weighted by Crippen LogP contribution is 2.54. The number of carbonyl (C=O) groups is 1. The molecule has 0 radical (unpaired) electrons. The fourth-order valence-corrected chi connectivity index (χ4v) is 5.59. The van der Waals surface area contributed by atoms with Crippen LogP contribution in [0.5, 0.6) is 0 Å². The summed E-state index contributed by atoms with van der Waals surface area (Å²) in [4.78, 5) is 14.7. The van der Waals surface area contributed by atoms with Crippen molar-refractivity contribution in [1.82, 2.24) is 10.2 Å². The van der Waals surface area contributed by atoms with E-state index in [9.17, 15) is 9.90 Å². The van der Waals surface area contributed by atoms with Crippen molar-refractivity contribution in [1.29, 1.82) is 0 Å². The van der Waals surface area contributed by atoms with E-state index < -0.39 is 0 Å². The number of benzene rings is 1. The Bertz CT molecular complexity index is 843. The summed E-state index contributed by atoms with van der Waals surface area (Å²) < 4.78 is 5.98. The van der Waals surface area contributed by atoms with Crippen LogP contribution in [0.25, 0.3) is 11.0 Å². The van der Waals surface area contributed by atoms with Gasteiger partial charge in [-0.25, -0.2) is 4.79 Å². The van der Waals surface area contributed by atoms with Crippen molar-refractivity contribution in [2.45, 2.75) is 44.9 Å². The van der Waals surface area contributed by atoms with Crippen molar-refractivity contribution in [2.24, 2.45) is 17.8 Å². The number of carbonyl (C=O) groups excluding carboxylic acids is 1. The Hall–Kier alpha value is -2.01. The first-order chi connectivity index (χ1) is 12.0. The standard InChI is InChI=1S/C20H24N2O3/c1-10-14-5-3-4-6-16(14)25-19(10)11(2)21-20(24)22-9-13-7-12-8-15(13)17(22)18(12)23/h3-6,11-13,15,17-18,23H,7-9H2,1-2H3,(H,21,24)/t11-,12-,13-,15+,17-,18+/m0/s1. The lowest BCUT2D eigenvalue weighted by molar-refractivity contribution is 0.0604. The van der Waals surface area contributed by atoms with Gasteiger partial charge >= 0.3 is 6.03 Å². The number of amides is 2. The Balaban J connectivity index is 1.36. The van der Waals surface area contributed by atoms with Gasteiger partial charge in [0.2, 0.25) is 0 Å². The van der Waals surface area contributed by atoms with E-state index in [1.54, 1.807) is 0 Å². The van der Waals surface area contributed by atoms with Gasteiger partial charge in [-0.05, 0) is 50.5 Å². The lowest BCUT2D eigenvalue weighted by atomic mass is 9.88. The number of hydrogen-bond donors (Lipinski definition) is 2. The first-order valence-corrected chi connectivity index (χ1v) is 9.28. The molecule has 25 heavy (non-hydrogen) atoms. The molecule has 132 valence electrons. The number of furan rings is 1. The molecule has 1 aromatic heterocycles. The SMILES string of the molecule is Cc1c([C@H](C)NC(=O)N2C[C@@H]3C[C@H]4C[C@H]3[C@H]2[C@@H]4O)oc2ccccc12. The summed E-state index contributed by atoms with van der Waals surface area (Å²) in [5.74, 6) is 2.27. The summed E-state index contributed by atoms with van der Waals surface area (Å²) in [6.45, 7) is 4.77. The Labute approximate surface area is 147 Å². The van der Waals surface area contributed by atoms with Gasteiger partial charge in [0, 0.05) is 17.5 Å². The molecule has 0 unspecified atom stereocenters. The second-order valence-corrected chi connectivity index (χ2v) is 8.05. The number of hydrogen-bond acceptors (Lipinski definition) is 3. The Morgan fingerprint density at radius 2 is 2.12 bits per heavy atom. The van der Waals surface area contributed by atoms with E-state index in [-0.39, 0.29) is 24.2 Å². The van der Waals surface area contributed by atoms with Gasteiger partial charge in [0.25, 0.3) is 0 Å². The third kappa shape index (κ3) is 2.08. The molecule has 2 saturated carbocycles. The number of likely N-dealkylation sites (tertiary alicyclic amines) is 1. The Morgan fingerprint density at radius 3 is 2.88 bits per heavy atom. The molecule has 0 spiro atoms. The van der Waals surface area contributed by atoms with E-state index in [1.807, 2.05) is 43.0 Å². The topological polar surface area (TPSA) is 65.7 Å². The zero-order chi connectivity index (χ0) is 17.3. The van der Waals surface area contributed by atoms with Crippen LogP contribution in [0.1, 0.15) is 37.1 Å². The predicted molar refractivity (Wildman–Crippen MR) is 94.1 cm³/mol. The van der Waals surface area contributed by atoms with E-state index in [1.165, 1.54) is 0 Å². The minimum Gasteiger partial charge on any atom is -0.459 e. The van der Waals surface area contributed by atoms with Crippen molar-refractivity contribution in [2.75, 3.05) is 6.54 Å². The third-order valence-corrected chi connectivity index (χ3v) is 6.72. The van der Waals surface area contributed by atoms with Gasteiger partial charge in [-0.15, -0.1) is 0 Å². The van der Waals surface area contributed by atoms with E-state index in [0.29, 0.717) is 17.8 Å². The zero-order valence-electron chi connectivity index (χ0n) is 14.6. The number of urea groups is 1. The van der Waals surface area contributed by atoms with Crippen LogP contribution in [0.3, 0.4) is 0 Å². The van der Waals surface area contributed by atoms with Gasteiger partial charge in [0.15, 0.2) is 0 Å². The molecule has 6 atom stereocenters. The number of rotatable bonds is 2. The number of fused-ring (bicyclic) bond motifs is 2. The van der Waals surface area contributed by atoms with Crippen LogP contribution in [0.2, 0.25) is 0 Å². The van der Waals surface area contributed by atoms with Gasteiger partial charge in [-0.2, -0.15) is 0 Å². The largest absolute Gasteiger partial charge is 0.459 e. The predicted octanol–water partition coefficient (Wildman–Crippen LogP) is 3.21. The van der Waals surface area contributed by atoms with Crippen LogP contribution >= 0.6 is 0 Å². The maximum atomic E-state index is 12.9. The molecule has 1 aliphatic heterocycles. The molecule has 1 saturated heterocycles. The van der Waals surface area contributed by atoms with Crippen LogP contribution in [0.4, 0.5) is 4.79 Å². The molecular weight excluding hydrogens is 316 g/mol. The smallest absolute Gasteiger partial charge is 0.318 e. The van der Waals surface area contributed by atoms with Crippen LogP contribution in [0.15, 0.2) is 28.7 Å². The number of aliphatic hydroxyl groups excluding tert-OH is 1. The minimum atomic E-state index is -0.349. The highest BCUT2D eigenvalue weighted by atomic mass is 16.3. The van der Waals surface area contributed by atoms with Crippen LogP contribution < -0.4 is 5.32 Å². The van der Waals surface area contributed by atoms with Gasteiger partial charge in [0.1, 0.15) is 11.3 Å². The van der Waals surface area contributed by atoms with Gasteiger partial charge < -0.3 is 19.7 Å². The Kier molecular flexibility index (Phi) is 3.20. The third-order valence-electron chi connectivity index (χ3n) is 6.72. The molecule has 2 heterocycles. The zero-order valence-corrected chi connectivity index (χ0v) is 14.6. The summed E-state index contributed by atoms with van der Waals surface area (Å²) in [6, 6.07) is 7.67. The monoisotopic (exact) mass is 340 g/mol. The van der Waals surface area contributed by atoms with Crippen molar-refractivity contribution in [3.8, 4) is 0 Å². The first-order valence-electron chi connectivity index (χ1n) is 9.28. The summed E-state index contributed by atoms with van der Waals surface area (Å²) in [7, 11) is 0. The number of nitrogens with zero attached hydrogens (tertiary/aromatic N) is 1.